The van der Waals surface area contributed by atoms with Crippen LogP contribution in [0.1, 0.15) is 23.5 Å². The van der Waals surface area contributed by atoms with E-state index in [0.717, 1.165) is 25.2 Å². The van der Waals surface area contributed by atoms with E-state index >= 15 is 0 Å². The minimum absolute atomic E-state index is 0.0447. The quantitative estimate of drug-likeness (QED) is 0.871. The average molecular weight is 364 g/mol. The van der Waals surface area contributed by atoms with Gasteiger partial charge in [0.15, 0.2) is 0 Å². The number of aromatic nitrogens is 1. The maximum Gasteiger partial charge on any atom is 0.237 e. The van der Waals surface area contributed by atoms with Crippen molar-refractivity contribution in [1.82, 2.24) is 20.1 Å². The van der Waals surface area contributed by atoms with Crippen molar-refractivity contribution in [3.8, 4) is 0 Å². The molecule has 3 heterocycles. The topological polar surface area (TPSA) is 65.5 Å². The van der Waals surface area contributed by atoms with Gasteiger partial charge < -0.3 is 10.2 Å². The van der Waals surface area contributed by atoms with Crippen LogP contribution in [-0.4, -0.2) is 58.8 Å². The molecule has 2 aliphatic heterocycles. The number of benzene rings is 1. The molecule has 1 N–H and O–H groups in total. The van der Waals surface area contributed by atoms with E-state index in [4.69, 9.17) is 0 Å². The lowest BCUT2D eigenvalue weighted by atomic mass is 9.91. The highest BCUT2D eigenvalue weighted by Gasteiger charge is 2.37. The highest BCUT2D eigenvalue weighted by Crippen LogP contribution is 2.27. The van der Waals surface area contributed by atoms with Gasteiger partial charge in [-0.15, -0.1) is 0 Å². The van der Waals surface area contributed by atoms with Crippen LogP contribution < -0.4 is 5.32 Å². The molecule has 2 fully saturated rings. The molecule has 140 valence electrons. The van der Waals surface area contributed by atoms with E-state index < -0.39 is 6.04 Å². The van der Waals surface area contributed by atoms with E-state index in [1.165, 1.54) is 5.56 Å². The molecule has 0 bridgehead atoms. The summed E-state index contributed by atoms with van der Waals surface area (Å²) in [6.45, 7) is 3.51. The minimum atomic E-state index is -0.397. The van der Waals surface area contributed by atoms with Gasteiger partial charge in [-0.2, -0.15) is 0 Å². The molecule has 1 atom stereocenters. The van der Waals surface area contributed by atoms with E-state index in [1.807, 2.05) is 35.2 Å². The number of amides is 2. The van der Waals surface area contributed by atoms with Gasteiger partial charge in [0, 0.05) is 51.0 Å². The fourth-order valence-electron chi connectivity index (χ4n) is 3.81. The van der Waals surface area contributed by atoms with Crippen LogP contribution >= 0.6 is 0 Å². The highest BCUT2D eigenvalue weighted by molar-refractivity contribution is 5.89. The number of rotatable bonds is 5. The second kappa shape index (κ2) is 7.88. The molecule has 27 heavy (non-hydrogen) atoms. The lowest BCUT2D eigenvalue weighted by molar-refractivity contribution is -0.142. The number of carbonyl (C=O) groups is 2. The Labute approximate surface area is 159 Å². The van der Waals surface area contributed by atoms with Gasteiger partial charge in [-0.25, -0.2) is 0 Å². The summed E-state index contributed by atoms with van der Waals surface area (Å²) in [5.74, 6) is 0.384. The smallest absolute Gasteiger partial charge is 0.237 e. The number of carbonyl (C=O) groups excluding carboxylic acids is 2. The van der Waals surface area contributed by atoms with E-state index in [9.17, 15) is 9.59 Å². The number of hydrogen-bond donors (Lipinski definition) is 1. The number of piperazine rings is 1. The predicted octanol–water partition coefficient (Wildman–Crippen LogP) is 1.40. The number of nitrogens with zero attached hydrogens (tertiary/aromatic N) is 3. The van der Waals surface area contributed by atoms with Crippen molar-refractivity contribution < 1.29 is 9.59 Å². The number of likely N-dealkylation sites (tertiary alicyclic amines) is 1. The summed E-state index contributed by atoms with van der Waals surface area (Å²) < 4.78 is 0. The van der Waals surface area contributed by atoms with E-state index in [0.29, 0.717) is 19.0 Å². The minimum Gasteiger partial charge on any atom is -0.353 e. The summed E-state index contributed by atoms with van der Waals surface area (Å²) in [6, 6.07) is 13.7. The lowest BCUT2D eigenvalue weighted by Gasteiger charge is -2.41. The first-order chi connectivity index (χ1) is 13.2. The molecule has 1 aromatic carbocycles. The SMILES string of the molecule is O=C1NCCN(Cc2ccccc2)[C@@H]1CC(=O)N1CC(c2ccncc2)C1. The van der Waals surface area contributed by atoms with Crippen LogP contribution in [0, 0.1) is 0 Å². The van der Waals surface area contributed by atoms with Gasteiger partial charge in [0.05, 0.1) is 12.5 Å². The fraction of sp³-hybridized carbons (Fsp3) is 0.381. The van der Waals surface area contributed by atoms with Crippen LogP contribution in [0.4, 0.5) is 0 Å². The van der Waals surface area contributed by atoms with Gasteiger partial charge in [-0.3, -0.25) is 19.5 Å². The Bertz CT molecular complexity index is 790. The second-order valence-electron chi connectivity index (χ2n) is 7.24. The van der Waals surface area contributed by atoms with Gasteiger partial charge in [-0.1, -0.05) is 30.3 Å². The zero-order valence-corrected chi connectivity index (χ0v) is 15.3. The van der Waals surface area contributed by atoms with Gasteiger partial charge >= 0.3 is 0 Å². The van der Waals surface area contributed by atoms with Crippen molar-refractivity contribution in [1.29, 1.82) is 0 Å². The third-order valence-corrected chi connectivity index (χ3v) is 5.45. The third kappa shape index (κ3) is 4.01. The predicted molar refractivity (Wildman–Crippen MR) is 102 cm³/mol. The molecular formula is C21H24N4O2. The van der Waals surface area contributed by atoms with Crippen molar-refractivity contribution in [2.24, 2.45) is 0 Å². The Morgan fingerprint density at radius 1 is 1.11 bits per heavy atom. The Hall–Kier alpha value is -2.73. The maximum absolute atomic E-state index is 12.7. The van der Waals surface area contributed by atoms with Crippen molar-refractivity contribution in [2.45, 2.75) is 24.9 Å². The van der Waals surface area contributed by atoms with E-state index in [2.05, 4.69) is 27.3 Å². The molecule has 6 nitrogen and oxygen atoms in total. The van der Waals surface area contributed by atoms with Crippen LogP contribution in [0.3, 0.4) is 0 Å². The van der Waals surface area contributed by atoms with Crippen molar-refractivity contribution in [3.63, 3.8) is 0 Å². The third-order valence-electron chi connectivity index (χ3n) is 5.45. The maximum atomic E-state index is 12.7. The lowest BCUT2D eigenvalue weighted by Crippen LogP contribution is -2.57. The van der Waals surface area contributed by atoms with Gasteiger partial charge in [-0.05, 0) is 23.3 Å². The van der Waals surface area contributed by atoms with Gasteiger partial charge in [0.2, 0.25) is 11.8 Å². The highest BCUT2D eigenvalue weighted by atomic mass is 16.2. The van der Waals surface area contributed by atoms with Gasteiger partial charge in [0.25, 0.3) is 0 Å². The van der Waals surface area contributed by atoms with Crippen LogP contribution in [0.15, 0.2) is 54.9 Å². The normalized spacial score (nSPS) is 20.8. The van der Waals surface area contributed by atoms with E-state index in [-0.39, 0.29) is 18.2 Å². The van der Waals surface area contributed by atoms with Crippen molar-refractivity contribution >= 4 is 11.8 Å². The molecule has 0 radical (unpaired) electrons. The van der Waals surface area contributed by atoms with Gasteiger partial charge in [0.1, 0.15) is 0 Å². The molecule has 2 amide bonds. The second-order valence-corrected chi connectivity index (χ2v) is 7.24. The molecule has 6 heteroatoms. The molecule has 0 spiro atoms. The Balaban J connectivity index is 1.36. The summed E-state index contributed by atoms with van der Waals surface area (Å²) in [7, 11) is 0. The van der Waals surface area contributed by atoms with Crippen molar-refractivity contribution in [2.75, 3.05) is 26.2 Å². The molecule has 1 aromatic heterocycles. The first-order valence-corrected chi connectivity index (χ1v) is 9.44. The number of nitrogens with one attached hydrogen (secondary N) is 1. The van der Waals surface area contributed by atoms with Crippen LogP contribution in [0.25, 0.3) is 0 Å². The van der Waals surface area contributed by atoms with Crippen LogP contribution in [0.2, 0.25) is 0 Å². The summed E-state index contributed by atoms with van der Waals surface area (Å²) in [5, 5.41) is 2.90. The van der Waals surface area contributed by atoms with Crippen molar-refractivity contribution in [3.05, 3.63) is 66.0 Å². The molecule has 4 rings (SSSR count). The molecule has 0 saturated carbocycles. The largest absolute Gasteiger partial charge is 0.353 e. The first kappa shape index (κ1) is 17.7. The number of pyridine rings is 1. The summed E-state index contributed by atoms with van der Waals surface area (Å²) in [5.41, 5.74) is 2.38. The van der Waals surface area contributed by atoms with E-state index in [1.54, 1.807) is 12.4 Å². The Morgan fingerprint density at radius 3 is 2.59 bits per heavy atom. The Kier molecular flexibility index (Phi) is 5.16. The standard InChI is InChI=1S/C21H24N4O2/c26-20(25-14-18(15-25)17-6-8-22-9-7-17)12-19-21(27)23-10-11-24(19)13-16-4-2-1-3-5-16/h1-9,18-19H,10-15H2,(H,23,27)/t19-/m1/s1. The zero-order valence-electron chi connectivity index (χ0n) is 15.3. The molecule has 2 aliphatic rings. The molecule has 2 saturated heterocycles. The zero-order chi connectivity index (χ0) is 18.6. The monoisotopic (exact) mass is 364 g/mol. The van der Waals surface area contributed by atoms with Crippen LogP contribution in [0.5, 0.6) is 0 Å². The first-order valence-electron chi connectivity index (χ1n) is 9.44. The molecular weight excluding hydrogens is 340 g/mol. The molecule has 2 aromatic rings. The summed E-state index contributed by atoms with van der Waals surface area (Å²) in [6.07, 6.45) is 3.81. The fourth-order valence-corrected chi connectivity index (χ4v) is 3.81. The Morgan fingerprint density at radius 2 is 1.85 bits per heavy atom. The molecule has 0 unspecified atom stereocenters. The summed E-state index contributed by atoms with van der Waals surface area (Å²) in [4.78, 5) is 33.1. The summed E-state index contributed by atoms with van der Waals surface area (Å²) >= 11 is 0. The van der Waals surface area contributed by atoms with Crippen LogP contribution in [-0.2, 0) is 16.1 Å². The average Bonchev–Trinajstić information content (AvgIpc) is 2.65. The number of hydrogen-bond acceptors (Lipinski definition) is 4. The molecule has 0 aliphatic carbocycles.